The van der Waals surface area contributed by atoms with Gasteiger partial charge in [-0.15, -0.1) is 0 Å². The van der Waals surface area contributed by atoms with Crippen molar-refractivity contribution in [1.29, 1.82) is 0 Å². The van der Waals surface area contributed by atoms with Crippen LogP contribution in [0.4, 0.5) is 5.82 Å². The third-order valence-corrected chi connectivity index (χ3v) is 3.24. The molecule has 1 heterocycles. The number of aliphatic imine (C=N–C) groups is 1. The Bertz CT molecular complexity index is 454. The Labute approximate surface area is 135 Å². The summed E-state index contributed by atoms with van der Waals surface area (Å²) in [4.78, 5) is 11.2. The first-order chi connectivity index (χ1) is 10.5. The van der Waals surface area contributed by atoms with Crippen LogP contribution < -0.4 is 15.5 Å². The Morgan fingerprint density at radius 1 is 1.27 bits per heavy atom. The highest BCUT2D eigenvalue weighted by Gasteiger charge is 2.01. The molecule has 22 heavy (non-hydrogen) atoms. The van der Waals surface area contributed by atoms with E-state index in [1.54, 1.807) is 0 Å². The van der Waals surface area contributed by atoms with Crippen LogP contribution in [0, 0.1) is 5.92 Å². The largest absolute Gasteiger partial charge is 0.363 e. The minimum Gasteiger partial charge on any atom is -0.363 e. The molecule has 0 saturated heterocycles. The van der Waals surface area contributed by atoms with Crippen LogP contribution in [-0.4, -0.2) is 38.1 Å². The van der Waals surface area contributed by atoms with Gasteiger partial charge in [-0.3, -0.25) is 0 Å². The SMILES string of the molecule is CCNC(=NCc1cccc(N(C)C)n1)NCCCC(C)C. The molecule has 0 fully saturated rings. The van der Waals surface area contributed by atoms with E-state index in [0.29, 0.717) is 6.54 Å². The highest BCUT2D eigenvalue weighted by molar-refractivity contribution is 5.79. The van der Waals surface area contributed by atoms with Gasteiger partial charge < -0.3 is 15.5 Å². The average molecular weight is 305 g/mol. The van der Waals surface area contributed by atoms with Crippen molar-refractivity contribution in [3.8, 4) is 0 Å². The minimum absolute atomic E-state index is 0.585. The second-order valence-electron chi connectivity index (χ2n) is 6.04. The zero-order valence-electron chi connectivity index (χ0n) is 14.7. The first-order valence-electron chi connectivity index (χ1n) is 8.18. The summed E-state index contributed by atoms with van der Waals surface area (Å²) in [6.07, 6.45) is 2.40. The number of anilines is 1. The van der Waals surface area contributed by atoms with Gasteiger partial charge in [0.05, 0.1) is 12.2 Å². The molecular weight excluding hydrogens is 274 g/mol. The van der Waals surface area contributed by atoms with Crippen LogP contribution >= 0.6 is 0 Å². The average Bonchev–Trinajstić information content (AvgIpc) is 2.49. The molecule has 0 unspecified atom stereocenters. The second-order valence-corrected chi connectivity index (χ2v) is 6.04. The molecule has 1 rings (SSSR count). The van der Waals surface area contributed by atoms with Crippen molar-refractivity contribution < 1.29 is 0 Å². The maximum Gasteiger partial charge on any atom is 0.191 e. The van der Waals surface area contributed by atoms with Gasteiger partial charge in [0.2, 0.25) is 0 Å². The topological polar surface area (TPSA) is 52.6 Å². The number of guanidine groups is 1. The van der Waals surface area contributed by atoms with E-state index in [4.69, 9.17) is 0 Å². The molecule has 124 valence electrons. The molecule has 1 aromatic heterocycles. The third kappa shape index (κ3) is 7.29. The number of nitrogens with one attached hydrogen (secondary N) is 2. The molecule has 5 heteroatoms. The maximum atomic E-state index is 4.61. The zero-order chi connectivity index (χ0) is 16.4. The van der Waals surface area contributed by atoms with Crippen LogP contribution in [0.1, 0.15) is 39.3 Å². The summed E-state index contributed by atoms with van der Waals surface area (Å²) < 4.78 is 0. The highest BCUT2D eigenvalue weighted by Crippen LogP contribution is 2.08. The predicted molar refractivity (Wildman–Crippen MR) is 95.5 cm³/mol. The maximum absolute atomic E-state index is 4.61. The van der Waals surface area contributed by atoms with Gasteiger partial charge in [0.25, 0.3) is 0 Å². The second kappa shape index (κ2) is 10.0. The number of hydrogen-bond donors (Lipinski definition) is 2. The summed E-state index contributed by atoms with van der Waals surface area (Å²) in [5.41, 5.74) is 0.977. The number of pyridine rings is 1. The summed E-state index contributed by atoms with van der Waals surface area (Å²) in [5, 5.41) is 6.66. The lowest BCUT2D eigenvalue weighted by Crippen LogP contribution is -2.37. The van der Waals surface area contributed by atoms with Gasteiger partial charge in [-0.1, -0.05) is 19.9 Å². The van der Waals surface area contributed by atoms with E-state index in [9.17, 15) is 0 Å². The summed E-state index contributed by atoms with van der Waals surface area (Å²) in [6, 6.07) is 6.04. The number of aromatic nitrogens is 1. The molecular formula is C17H31N5. The molecule has 0 radical (unpaired) electrons. The van der Waals surface area contributed by atoms with Crippen LogP contribution in [0.5, 0.6) is 0 Å². The molecule has 0 saturated carbocycles. The number of hydrogen-bond acceptors (Lipinski definition) is 3. The lowest BCUT2D eigenvalue weighted by molar-refractivity contribution is 0.549. The molecule has 0 amide bonds. The van der Waals surface area contributed by atoms with Gasteiger partial charge in [0, 0.05) is 27.2 Å². The molecule has 1 aromatic rings. The minimum atomic E-state index is 0.585. The van der Waals surface area contributed by atoms with Crippen molar-refractivity contribution in [2.45, 2.75) is 40.2 Å². The smallest absolute Gasteiger partial charge is 0.191 e. The van der Waals surface area contributed by atoms with Gasteiger partial charge in [0.1, 0.15) is 5.82 Å². The standard InChI is InChI=1S/C17H31N5/c1-6-18-17(19-12-8-9-14(2)3)20-13-15-10-7-11-16(21-15)22(4)5/h7,10-11,14H,6,8-9,12-13H2,1-5H3,(H2,18,19,20). The van der Waals surface area contributed by atoms with E-state index in [0.717, 1.165) is 42.9 Å². The molecule has 0 aliphatic heterocycles. The summed E-state index contributed by atoms with van der Waals surface area (Å²) in [7, 11) is 3.99. The number of rotatable bonds is 8. The van der Waals surface area contributed by atoms with Gasteiger partial charge in [-0.2, -0.15) is 0 Å². The first-order valence-corrected chi connectivity index (χ1v) is 8.18. The van der Waals surface area contributed by atoms with Crippen LogP contribution in [0.3, 0.4) is 0 Å². The molecule has 0 atom stereocenters. The number of nitrogens with zero attached hydrogens (tertiary/aromatic N) is 3. The van der Waals surface area contributed by atoms with E-state index in [1.165, 1.54) is 6.42 Å². The summed E-state index contributed by atoms with van der Waals surface area (Å²) in [5.74, 6) is 2.57. The van der Waals surface area contributed by atoms with Crippen molar-refractivity contribution in [2.24, 2.45) is 10.9 Å². The fourth-order valence-corrected chi connectivity index (χ4v) is 2.02. The van der Waals surface area contributed by atoms with E-state index in [-0.39, 0.29) is 0 Å². The van der Waals surface area contributed by atoms with Crippen LogP contribution in [-0.2, 0) is 6.54 Å². The van der Waals surface area contributed by atoms with E-state index < -0.39 is 0 Å². The third-order valence-electron chi connectivity index (χ3n) is 3.24. The molecule has 0 aliphatic rings. The Hall–Kier alpha value is -1.78. The van der Waals surface area contributed by atoms with Crippen molar-refractivity contribution >= 4 is 11.8 Å². The van der Waals surface area contributed by atoms with E-state index >= 15 is 0 Å². The lowest BCUT2D eigenvalue weighted by atomic mass is 10.1. The highest BCUT2D eigenvalue weighted by atomic mass is 15.2. The summed E-state index contributed by atoms with van der Waals surface area (Å²) >= 11 is 0. The first kappa shape index (κ1) is 18.3. The monoisotopic (exact) mass is 305 g/mol. The van der Waals surface area contributed by atoms with Crippen molar-refractivity contribution in [3.05, 3.63) is 23.9 Å². The van der Waals surface area contributed by atoms with Crippen LogP contribution in [0.2, 0.25) is 0 Å². The van der Waals surface area contributed by atoms with Crippen molar-refractivity contribution in [3.63, 3.8) is 0 Å². The quantitative estimate of drug-likeness (QED) is 0.440. The Morgan fingerprint density at radius 2 is 2.05 bits per heavy atom. The molecule has 0 spiro atoms. The van der Waals surface area contributed by atoms with E-state index in [2.05, 4.69) is 41.4 Å². The van der Waals surface area contributed by atoms with Gasteiger partial charge in [-0.05, 0) is 37.8 Å². The fraction of sp³-hybridized carbons (Fsp3) is 0.647. The fourth-order valence-electron chi connectivity index (χ4n) is 2.02. The Morgan fingerprint density at radius 3 is 2.68 bits per heavy atom. The summed E-state index contributed by atoms with van der Waals surface area (Å²) in [6.45, 7) is 8.99. The van der Waals surface area contributed by atoms with Crippen molar-refractivity contribution in [2.75, 3.05) is 32.1 Å². The van der Waals surface area contributed by atoms with Gasteiger partial charge in [0.15, 0.2) is 5.96 Å². The molecule has 2 N–H and O–H groups in total. The molecule has 5 nitrogen and oxygen atoms in total. The normalized spacial score (nSPS) is 11.6. The van der Waals surface area contributed by atoms with Gasteiger partial charge in [-0.25, -0.2) is 9.98 Å². The molecule has 0 aliphatic carbocycles. The van der Waals surface area contributed by atoms with Crippen molar-refractivity contribution in [1.82, 2.24) is 15.6 Å². The van der Waals surface area contributed by atoms with Crippen LogP contribution in [0.15, 0.2) is 23.2 Å². The lowest BCUT2D eigenvalue weighted by Gasteiger charge is -2.13. The Balaban J connectivity index is 2.55. The zero-order valence-corrected chi connectivity index (χ0v) is 14.7. The molecule has 0 aromatic carbocycles. The van der Waals surface area contributed by atoms with Crippen LogP contribution in [0.25, 0.3) is 0 Å². The van der Waals surface area contributed by atoms with Gasteiger partial charge >= 0.3 is 0 Å². The molecule has 0 bridgehead atoms. The Kier molecular flexibility index (Phi) is 8.33. The van der Waals surface area contributed by atoms with E-state index in [1.807, 2.05) is 37.2 Å². The predicted octanol–water partition coefficient (Wildman–Crippen LogP) is 2.64.